The van der Waals surface area contributed by atoms with E-state index in [9.17, 15) is 8.78 Å². The molecule has 0 aliphatic heterocycles. The summed E-state index contributed by atoms with van der Waals surface area (Å²) in [5.74, 6) is -0.263. The first kappa shape index (κ1) is 12.8. The zero-order valence-corrected chi connectivity index (χ0v) is 11.0. The summed E-state index contributed by atoms with van der Waals surface area (Å²) >= 11 is 0. The molecule has 20 heavy (non-hydrogen) atoms. The molecule has 1 heterocycles. The second-order valence-electron chi connectivity index (χ2n) is 4.96. The van der Waals surface area contributed by atoms with Gasteiger partial charge in [-0.1, -0.05) is 12.2 Å². The van der Waals surface area contributed by atoms with E-state index in [1.165, 1.54) is 12.1 Å². The quantitative estimate of drug-likeness (QED) is 0.859. The number of aryl methyl sites for hydroxylation is 1. The first-order valence-corrected chi connectivity index (χ1v) is 6.50. The number of rotatable bonds is 2. The van der Waals surface area contributed by atoms with Crippen LogP contribution in [-0.4, -0.2) is 10.2 Å². The van der Waals surface area contributed by atoms with Crippen molar-refractivity contribution in [3.8, 4) is 0 Å². The predicted molar refractivity (Wildman–Crippen MR) is 76.3 cm³/mol. The van der Waals surface area contributed by atoms with E-state index in [0.29, 0.717) is 17.5 Å². The van der Waals surface area contributed by atoms with Gasteiger partial charge in [-0.25, -0.2) is 8.78 Å². The summed E-state index contributed by atoms with van der Waals surface area (Å²) in [6.45, 7) is 1.73. The number of hydrogen-bond acceptors (Lipinski definition) is 1. The summed E-state index contributed by atoms with van der Waals surface area (Å²) in [4.78, 5) is 0. The van der Waals surface area contributed by atoms with Crippen LogP contribution in [0.2, 0.25) is 0 Å². The Bertz CT molecular complexity index is 738. The fourth-order valence-corrected chi connectivity index (χ4v) is 2.26. The average molecular weight is 272 g/mol. The van der Waals surface area contributed by atoms with Gasteiger partial charge in [-0.2, -0.15) is 5.10 Å². The number of nitrogens with one attached hydrogen (secondary N) is 1. The summed E-state index contributed by atoms with van der Waals surface area (Å²) in [5.41, 5.74) is 2.04. The van der Waals surface area contributed by atoms with Crippen LogP contribution in [0.5, 0.6) is 0 Å². The SMILES string of the molecule is Cc1cc2c(/C=C/C3C=CC(F)=CC3)n[nH]c2cc1F. The van der Waals surface area contributed by atoms with Crippen LogP contribution in [0.25, 0.3) is 17.0 Å². The topological polar surface area (TPSA) is 28.7 Å². The summed E-state index contributed by atoms with van der Waals surface area (Å²) in [6, 6.07) is 3.23. The van der Waals surface area contributed by atoms with Gasteiger partial charge in [-0.05, 0) is 55.2 Å². The van der Waals surface area contributed by atoms with Gasteiger partial charge in [0.05, 0.1) is 11.2 Å². The maximum atomic E-state index is 13.5. The van der Waals surface area contributed by atoms with Gasteiger partial charge in [0, 0.05) is 5.39 Å². The number of halogens is 2. The van der Waals surface area contributed by atoms with E-state index in [2.05, 4.69) is 10.2 Å². The Morgan fingerprint density at radius 2 is 2.20 bits per heavy atom. The minimum Gasteiger partial charge on any atom is -0.277 e. The standard InChI is InChI=1S/C16H14F2N2/c1-10-8-13-15(19-20-16(13)9-14(10)18)7-4-11-2-5-12(17)6-3-11/h2,4-9,11H,3H2,1H3,(H,19,20)/b7-4+. The molecule has 1 aromatic carbocycles. The van der Waals surface area contributed by atoms with E-state index in [1.54, 1.807) is 19.1 Å². The molecule has 2 nitrogen and oxygen atoms in total. The minimum atomic E-state index is -0.243. The summed E-state index contributed by atoms with van der Waals surface area (Å²) < 4.78 is 26.3. The molecule has 0 saturated heterocycles. The van der Waals surface area contributed by atoms with Crippen molar-refractivity contribution < 1.29 is 8.78 Å². The lowest BCUT2D eigenvalue weighted by Crippen LogP contribution is -1.94. The summed E-state index contributed by atoms with van der Waals surface area (Å²) in [7, 11) is 0. The molecule has 0 fully saturated rings. The van der Waals surface area contributed by atoms with Crippen molar-refractivity contribution in [2.75, 3.05) is 0 Å². The van der Waals surface area contributed by atoms with Crippen molar-refractivity contribution in [2.24, 2.45) is 5.92 Å². The lowest BCUT2D eigenvalue weighted by molar-refractivity contribution is 0.620. The average Bonchev–Trinajstić information content (AvgIpc) is 2.81. The van der Waals surface area contributed by atoms with Gasteiger partial charge >= 0.3 is 0 Å². The number of hydrogen-bond donors (Lipinski definition) is 1. The Labute approximate surface area is 115 Å². The van der Waals surface area contributed by atoms with Crippen LogP contribution in [0.1, 0.15) is 17.7 Å². The molecule has 1 aliphatic rings. The van der Waals surface area contributed by atoms with Crippen molar-refractivity contribution in [3.05, 3.63) is 59.3 Å². The molecule has 1 aromatic heterocycles. The number of aromatic nitrogens is 2. The Balaban J connectivity index is 1.88. The minimum absolute atomic E-state index is 0.169. The molecule has 4 heteroatoms. The molecule has 1 unspecified atom stereocenters. The molecule has 1 aliphatic carbocycles. The number of aromatic amines is 1. The molecule has 102 valence electrons. The van der Waals surface area contributed by atoms with Crippen LogP contribution >= 0.6 is 0 Å². The highest BCUT2D eigenvalue weighted by atomic mass is 19.1. The van der Waals surface area contributed by atoms with E-state index in [0.717, 1.165) is 11.1 Å². The molecular weight excluding hydrogens is 258 g/mol. The molecular formula is C16H14F2N2. The third kappa shape index (κ3) is 2.41. The van der Waals surface area contributed by atoms with Gasteiger partial charge in [0.15, 0.2) is 0 Å². The monoisotopic (exact) mass is 272 g/mol. The van der Waals surface area contributed by atoms with Crippen LogP contribution in [0.15, 0.2) is 42.3 Å². The van der Waals surface area contributed by atoms with Crippen LogP contribution < -0.4 is 0 Å². The number of benzene rings is 1. The van der Waals surface area contributed by atoms with Crippen molar-refractivity contribution in [1.82, 2.24) is 10.2 Å². The van der Waals surface area contributed by atoms with E-state index >= 15 is 0 Å². The highest BCUT2D eigenvalue weighted by Gasteiger charge is 2.08. The molecule has 2 aromatic rings. The Morgan fingerprint density at radius 1 is 1.35 bits per heavy atom. The lowest BCUT2D eigenvalue weighted by atomic mass is 9.99. The molecule has 0 radical (unpaired) electrons. The first-order chi connectivity index (χ1) is 9.63. The van der Waals surface area contributed by atoms with Crippen molar-refractivity contribution in [3.63, 3.8) is 0 Å². The van der Waals surface area contributed by atoms with Crippen LogP contribution in [0, 0.1) is 18.7 Å². The molecule has 0 saturated carbocycles. The molecule has 1 atom stereocenters. The number of allylic oxidation sites excluding steroid dienone is 5. The van der Waals surface area contributed by atoms with E-state index in [-0.39, 0.29) is 17.6 Å². The normalized spacial score (nSPS) is 18.9. The maximum absolute atomic E-state index is 13.5. The van der Waals surface area contributed by atoms with Crippen molar-refractivity contribution in [2.45, 2.75) is 13.3 Å². The first-order valence-electron chi connectivity index (χ1n) is 6.50. The summed E-state index contributed by atoms with van der Waals surface area (Å²) in [6.07, 6.45) is 9.38. The third-order valence-corrected chi connectivity index (χ3v) is 3.46. The Morgan fingerprint density at radius 3 is 2.95 bits per heavy atom. The van der Waals surface area contributed by atoms with E-state index in [4.69, 9.17) is 0 Å². The molecule has 1 N–H and O–H groups in total. The lowest BCUT2D eigenvalue weighted by Gasteiger charge is -2.07. The highest BCUT2D eigenvalue weighted by Crippen LogP contribution is 2.23. The van der Waals surface area contributed by atoms with Crippen molar-refractivity contribution in [1.29, 1.82) is 0 Å². The molecule has 0 amide bonds. The molecule has 3 rings (SSSR count). The molecule has 0 spiro atoms. The number of fused-ring (bicyclic) bond motifs is 1. The predicted octanol–water partition coefficient (Wildman–Crippen LogP) is 4.45. The van der Waals surface area contributed by atoms with E-state index < -0.39 is 0 Å². The fourth-order valence-electron chi connectivity index (χ4n) is 2.26. The fraction of sp³-hybridized carbons (Fsp3) is 0.188. The third-order valence-electron chi connectivity index (χ3n) is 3.46. The summed E-state index contributed by atoms with van der Waals surface area (Å²) in [5, 5.41) is 7.90. The van der Waals surface area contributed by atoms with Gasteiger partial charge in [0.2, 0.25) is 0 Å². The van der Waals surface area contributed by atoms with Crippen LogP contribution in [0.3, 0.4) is 0 Å². The smallest absolute Gasteiger partial charge is 0.128 e. The van der Waals surface area contributed by atoms with Gasteiger partial charge in [-0.15, -0.1) is 0 Å². The van der Waals surface area contributed by atoms with Gasteiger partial charge in [0.25, 0.3) is 0 Å². The highest BCUT2D eigenvalue weighted by molar-refractivity contribution is 5.87. The largest absolute Gasteiger partial charge is 0.277 e. The van der Waals surface area contributed by atoms with Crippen LogP contribution in [-0.2, 0) is 0 Å². The van der Waals surface area contributed by atoms with Crippen molar-refractivity contribution >= 4 is 17.0 Å². The van der Waals surface area contributed by atoms with Gasteiger partial charge in [0.1, 0.15) is 11.6 Å². The van der Waals surface area contributed by atoms with Gasteiger partial charge < -0.3 is 0 Å². The van der Waals surface area contributed by atoms with Gasteiger partial charge in [-0.3, -0.25) is 5.10 Å². The second-order valence-corrected chi connectivity index (χ2v) is 4.96. The van der Waals surface area contributed by atoms with E-state index in [1.807, 2.05) is 18.2 Å². The van der Waals surface area contributed by atoms with Crippen LogP contribution in [0.4, 0.5) is 8.78 Å². The zero-order valence-electron chi connectivity index (χ0n) is 11.0. The second kappa shape index (κ2) is 5.04. The Kier molecular flexibility index (Phi) is 3.22. The Hall–Kier alpha value is -2.23. The number of nitrogens with zero attached hydrogens (tertiary/aromatic N) is 1. The maximum Gasteiger partial charge on any atom is 0.128 e. The zero-order chi connectivity index (χ0) is 14.1. The molecule has 0 bridgehead atoms. The number of H-pyrrole nitrogens is 1.